The number of carbonyl (C=O) groups is 1. The molecule has 0 saturated heterocycles. The number of hydrogen-bond donors (Lipinski definition) is 0. The summed E-state index contributed by atoms with van der Waals surface area (Å²) in [6, 6.07) is 3.62. The van der Waals surface area contributed by atoms with Crippen molar-refractivity contribution in [2.75, 3.05) is 13.4 Å². The van der Waals surface area contributed by atoms with Crippen LogP contribution < -0.4 is 0 Å². The maximum absolute atomic E-state index is 11.7. The van der Waals surface area contributed by atoms with Gasteiger partial charge in [0.1, 0.15) is 11.4 Å². The maximum Gasteiger partial charge on any atom is 0.341 e. The summed E-state index contributed by atoms with van der Waals surface area (Å²) < 4.78 is 6.68. The van der Waals surface area contributed by atoms with Crippen molar-refractivity contribution in [1.29, 1.82) is 0 Å². The van der Waals surface area contributed by atoms with Crippen molar-refractivity contribution in [2.24, 2.45) is 0 Å². The summed E-state index contributed by atoms with van der Waals surface area (Å²) in [4.78, 5) is 11.7. The molecular weight excluding hydrogens is 250 g/mol. The van der Waals surface area contributed by atoms with Crippen molar-refractivity contribution in [3.63, 3.8) is 0 Å². The molecule has 0 unspecified atom stereocenters. The molecule has 5 nitrogen and oxygen atoms in total. The van der Waals surface area contributed by atoms with Gasteiger partial charge in [0.05, 0.1) is 12.1 Å². The van der Waals surface area contributed by atoms with Crippen LogP contribution in [0.15, 0.2) is 17.2 Å². The lowest BCUT2D eigenvalue weighted by Crippen LogP contribution is -2.07. The summed E-state index contributed by atoms with van der Waals surface area (Å²) in [5.74, 6) is 0.689. The van der Waals surface area contributed by atoms with Crippen LogP contribution in [-0.2, 0) is 4.74 Å². The maximum atomic E-state index is 11.7. The second-order valence-corrected chi connectivity index (χ2v) is 4.98. The zero-order valence-electron chi connectivity index (χ0n) is 10.8. The van der Waals surface area contributed by atoms with Crippen molar-refractivity contribution < 1.29 is 9.53 Å². The minimum atomic E-state index is -0.393. The van der Waals surface area contributed by atoms with E-state index in [1.807, 2.05) is 30.6 Å². The largest absolute Gasteiger partial charge is 0.465 e. The van der Waals surface area contributed by atoms with E-state index in [1.165, 1.54) is 7.11 Å². The molecule has 2 heterocycles. The van der Waals surface area contributed by atoms with Gasteiger partial charge in [-0.25, -0.2) is 4.79 Å². The third-order valence-corrected chi connectivity index (χ3v) is 3.41. The highest BCUT2D eigenvalue weighted by Crippen LogP contribution is 2.24. The van der Waals surface area contributed by atoms with Crippen LogP contribution >= 0.6 is 11.8 Å². The van der Waals surface area contributed by atoms with Gasteiger partial charge in [-0.15, -0.1) is 22.0 Å². The second kappa shape index (κ2) is 4.97. The molecule has 0 fully saturated rings. The number of ether oxygens (including phenoxy) is 1. The molecule has 0 amide bonds. The molecular formula is C12H15N3O2S. The van der Waals surface area contributed by atoms with Gasteiger partial charge in [-0.1, -0.05) is 13.8 Å². The van der Waals surface area contributed by atoms with E-state index in [0.717, 1.165) is 10.9 Å². The molecule has 0 spiro atoms. The Morgan fingerprint density at radius 2 is 2.11 bits per heavy atom. The number of methoxy groups -OCH3 is 1. The normalized spacial score (nSPS) is 11.2. The van der Waals surface area contributed by atoms with E-state index < -0.39 is 5.97 Å². The Balaban J connectivity index is 2.76. The average molecular weight is 265 g/mol. The van der Waals surface area contributed by atoms with E-state index in [9.17, 15) is 4.79 Å². The summed E-state index contributed by atoms with van der Waals surface area (Å²) in [6.45, 7) is 4.09. The van der Waals surface area contributed by atoms with E-state index in [1.54, 1.807) is 17.8 Å². The van der Waals surface area contributed by atoms with E-state index >= 15 is 0 Å². The van der Waals surface area contributed by atoms with Gasteiger partial charge < -0.3 is 4.74 Å². The molecule has 96 valence electrons. The highest BCUT2D eigenvalue weighted by Gasteiger charge is 2.19. The lowest BCUT2D eigenvalue weighted by molar-refractivity contribution is 0.0602. The van der Waals surface area contributed by atoms with E-state index in [2.05, 4.69) is 10.2 Å². The summed E-state index contributed by atoms with van der Waals surface area (Å²) in [6.07, 6.45) is 1.98. The molecule has 0 aliphatic rings. The van der Waals surface area contributed by atoms with Gasteiger partial charge in [0.2, 0.25) is 0 Å². The van der Waals surface area contributed by atoms with Crippen LogP contribution in [0.4, 0.5) is 0 Å². The van der Waals surface area contributed by atoms with Gasteiger partial charge in [0.25, 0.3) is 0 Å². The van der Waals surface area contributed by atoms with Gasteiger partial charge >= 0.3 is 5.97 Å². The van der Waals surface area contributed by atoms with Crippen LogP contribution in [0.25, 0.3) is 5.65 Å². The highest BCUT2D eigenvalue weighted by atomic mass is 32.2. The number of hydrogen-bond acceptors (Lipinski definition) is 5. The monoisotopic (exact) mass is 265 g/mol. The number of fused-ring (bicyclic) bond motifs is 1. The number of aromatic nitrogens is 3. The topological polar surface area (TPSA) is 56.5 Å². The molecule has 0 atom stereocenters. The fourth-order valence-corrected chi connectivity index (χ4v) is 2.36. The van der Waals surface area contributed by atoms with E-state index in [0.29, 0.717) is 11.2 Å². The fraction of sp³-hybridized carbons (Fsp3) is 0.417. The Labute approximate surface area is 110 Å². The third-order valence-electron chi connectivity index (χ3n) is 2.67. The zero-order chi connectivity index (χ0) is 13.3. The summed E-state index contributed by atoms with van der Waals surface area (Å²) in [7, 11) is 1.36. The van der Waals surface area contributed by atoms with Crippen LogP contribution in [0.3, 0.4) is 0 Å². The Bertz CT molecular complexity index is 592. The number of esters is 1. The molecule has 2 rings (SSSR count). The van der Waals surface area contributed by atoms with Crippen LogP contribution in [-0.4, -0.2) is 33.9 Å². The minimum Gasteiger partial charge on any atom is -0.465 e. The standard InChI is InChI=1S/C12H15N3O2S/c1-7(2)10-13-14-11-8(12(16)17-3)5-6-9(18-4)15(10)11/h5-7H,1-4H3. The number of rotatable bonds is 3. The van der Waals surface area contributed by atoms with Crippen LogP contribution in [0, 0.1) is 0 Å². The first kappa shape index (κ1) is 12.9. The molecule has 0 saturated carbocycles. The Hall–Kier alpha value is -1.56. The molecule has 0 bridgehead atoms. The first-order valence-electron chi connectivity index (χ1n) is 5.60. The molecule has 2 aromatic heterocycles. The predicted octanol–water partition coefficient (Wildman–Crippen LogP) is 2.36. The van der Waals surface area contributed by atoms with E-state index in [-0.39, 0.29) is 5.92 Å². The number of carbonyl (C=O) groups excluding carboxylic acids is 1. The smallest absolute Gasteiger partial charge is 0.341 e. The summed E-state index contributed by atoms with van der Waals surface area (Å²) >= 11 is 1.59. The summed E-state index contributed by atoms with van der Waals surface area (Å²) in [5, 5.41) is 9.29. The van der Waals surface area contributed by atoms with Gasteiger partial charge in [-0.2, -0.15) is 0 Å². The Kier molecular flexibility index (Phi) is 3.56. The van der Waals surface area contributed by atoms with Gasteiger partial charge in [-0.3, -0.25) is 4.40 Å². The predicted molar refractivity (Wildman–Crippen MR) is 70.2 cm³/mol. The zero-order valence-corrected chi connectivity index (χ0v) is 11.6. The van der Waals surface area contributed by atoms with Gasteiger partial charge in [0, 0.05) is 5.92 Å². The van der Waals surface area contributed by atoms with Crippen LogP contribution in [0.2, 0.25) is 0 Å². The SMILES string of the molecule is COC(=O)c1ccc(SC)n2c(C(C)C)nnc12. The molecule has 0 N–H and O–H groups in total. The number of nitrogens with zero attached hydrogens (tertiary/aromatic N) is 3. The molecule has 0 aliphatic heterocycles. The molecule has 0 aromatic carbocycles. The number of pyridine rings is 1. The van der Waals surface area contributed by atoms with Crippen molar-refractivity contribution >= 4 is 23.4 Å². The van der Waals surface area contributed by atoms with Crippen molar-refractivity contribution in [3.05, 3.63) is 23.5 Å². The van der Waals surface area contributed by atoms with Crippen molar-refractivity contribution in [2.45, 2.75) is 24.8 Å². The van der Waals surface area contributed by atoms with Crippen molar-refractivity contribution in [3.8, 4) is 0 Å². The first-order chi connectivity index (χ1) is 8.60. The minimum absolute atomic E-state index is 0.235. The second-order valence-electron chi connectivity index (χ2n) is 4.15. The van der Waals surface area contributed by atoms with E-state index in [4.69, 9.17) is 4.74 Å². The summed E-state index contributed by atoms with van der Waals surface area (Å²) in [5.41, 5.74) is 0.993. The molecule has 0 aliphatic carbocycles. The molecule has 0 radical (unpaired) electrons. The number of thioether (sulfide) groups is 1. The molecule has 2 aromatic rings. The average Bonchev–Trinajstić information content (AvgIpc) is 2.81. The molecule has 6 heteroatoms. The highest BCUT2D eigenvalue weighted by molar-refractivity contribution is 7.98. The fourth-order valence-electron chi connectivity index (χ4n) is 1.79. The third kappa shape index (κ3) is 1.96. The van der Waals surface area contributed by atoms with Gasteiger partial charge in [-0.05, 0) is 18.4 Å². The van der Waals surface area contributed by atoms with Crippen molar-refractivity contribution in [1.82, 2.24) is 14.6 Å². The quantitative estimate of drug-likeness (QED) is 0.630. The lowest BCUT2D eigenvalue weighted by atomic mass is 10.2. The molecule has 18 heavy (non-hydrogen) atoms. The first-order valence-corrected chi connectivity index (χ1v) is 6.83. The Morgan fingerprint density at radius 1 is 1.39 bits per heavy atom. The lowest BCUT2D eigenvalue weighted by Gasteiger charge is -2.09. The Morgan fingerprint density at radius 3 is 2.67 bits per heavy atom. The van der Waals surface area contributed by atoms with Crippen LogP contribution in [0.5, 0.6) is 0 Å². The van der Waals surface area contributed by atoms with Crippen LogP contribution in [0.1, 0.15) is 35.9 Å². The van der Waals surface area contributed by atoms with Gasteiger partial charge in [0.15, 0.2) is 5.65 Å².